The molecule has 2 fully saturated rings. The van der Waals surface area contributed by atoms with Crippen LogP contribution >= 0.6 is 0 Å². The van der Waals surface area contributed by atoms with Crippen LogP contribution in [0.3, 0.4) is 0 Å². The van der Waals surface area contributed by atoms with Gasteiger partial charge in [0.1, 0.15) is 5.67 Å². The van der Waals surface area contributed by atoms with Gasteiger partial charge in [-0.05, 0) is 40.0 Å². The molecule has 0 aromatic heterocycles. The van der Waals surface area contributed by atoms with Crippen LogP contribution in [-0.4, -0.2) is 55.1 Å². The third-order valence-corrected chi connectivity index (χ3v) is 3.88. The molecule has 0 N–H and O–H groups in total. The van der Waals surface area contributed by atoms with Crippen molar-refractivity contribution in [2.45, 2.75) is 57.3 Å². The van der Waals surface area contributed by atoms with Crippen LogP contribution in [0.15, 0.2) is 0 Å². The minimum Gasteiger partial charge on any atom is -0.380 e. The largest absolute Gasteiger partial charge is 0.380 e. The molecule has 2 saturated heterocycles. The van der Waals surface area contributed by atoms with E-state index in [4.69, 9.17) is 9.47 Å². The van der Waals surface area contributed by atoms with Gasteiger partial charge in [0.25, 0.3) is 0 Å². The Morgan fingerprint density at radius 3 is 2.50 bits per heavy atom. The molecule has 2 aliphatic heterocycles. The number of alkyl halides is 1. The van der Waals surface area contributed by atoms with Crippen LogP contribution in [0.5, 0.6) is 0 Å². The summed E-state index contributed by atoms with van der Waals surface area (Å²) in [7, 11) is 0. The first-order chi connectivity index (χ1) is 8.38. The highest BCUT2D eigenvalue weighted by molar-refractivity contribution is 4.90. The number of halogens is 1. The van der Waals surface area contributed by atoms with E-state index in [0.29, 0.717) is 18.9 Å². The topological polar surface area (TPSA) is 21.7 Å². The van der Waals surface area contributed by atoms with Crippen molar-refractivity contribution >= 4 is 0 Å². The smallest absolute Gasteiger partial charge is 0.136 e. The van der Waals surface area contributed by atoms with E-state index < -0.39 is 5.67 Å². The van der Waals surface area contributed by atoms with Crippen molar-refractivity contribution in [1.29, 1.82) is 0 Å². The number of hydrogen-bond donors (Lipinski definition) is 0. The molecule has 2 heterocycles. The molecule has 0 spiro atoms. The van der Waals surface area contributed by atoms with Crippen LogP contribution in [0.25, 0.3) is 0 Å². The molecule has 18 heavy (non-hydrogen) atoms. The predicted octanol–water partition coefficient (Wildman–Crippen LogP) is 2.39. The number of rotatable bonds is 3. The first kappa shape index (κ1) is 14.2. The van der Waals surface area contributed by atoms with Crippen molar-refractivity contribution in [3.05, 3.63) is 0 Å². The van der Waals surface area contributed by atoms with E-state index in [-0.39, 0.29) is 12.2 Å². The van der Waals surface area contributed by atoms with Crippen molar-refractivity contribution in [2.24, 2.45) is 0 Å². The second-order valence-corrected chi connectivity index (χ2v) is 6.61. The van der Waals surface area contributed by atoms with Gasteiger partial charge in [0, 0.05) is 25.7 Å². The average molecular weight is 259 g/mol. The fourth-order valence-electron chi connectivity index (χ4n) is 2.59. The summed E-state index contributed by atoms with van der Waals surface area (Å²) in [6, 6.07) is 0.512. The summed E-state index contributed by atoms with van der Waals surface area (Å²) in [4.78, 5) is 2.38. The van der Waals surface area contributed by atoms with Gasteiger partial charge in [0.2, 0.25) is 0 Å². The summed E-state index contributed by atoms with van der Waals surface area (Å²) in [5.74, 6) is 0. The van der Waals surface area contributed by atoms with Crippen molar-refractivity contribution in [2.75, 3.05) is 32.9 Å². The number of likely N-dealkylation sites (tertiary alicyclic amines) is 1. The molecule has 1 unspecified atom stereocenters. The lowest BCUT2D eigenvalue weighted by Crippen LogP contribution is -2.49. The quantitative estimate of drug-likeness (QED) is 0.777. The second-order valence-electron chi connectivity index (χ2n) is 6.61. The van der Waals surface area contributed by atoms with Crippen molar-refractivity contribution in [3.8, 4) is 0 Å². The number of ether oxygens (including phenoxy) is 2. The maximum Gasteiger partial charge on any atom is 0.136 e. The SMILES string of the molecule is CC(C)(C)OCC1(F)CCN(C2CCOC2)CC1. The summed E-state index contributed by atoms with van der Waals surface area (Å²) < 4.78 is 25.6. The van der Waals surface area contributed by atoms with E-state index in [2.05, 4.69) is 4.90 Å². The lowest BCUT2D eigenvalue weighted by atomic mass is 9.93. The lowest BCUT2D eigenvalue weighted by Gasteiger charge is -2.39. The molecule has 0 bridgehead atoms. The molecule has 4 heteroatoms. The highest BCUT2D eigenvalue weighted by atomic mass is 19.1. The van der Waals surface area contributed by atoms with Crippen LogP contribution < -0.4 is 0 Å². The molecule has 0 saturated carbocycles. The Morgan fingerprint density at radius 2 is 2.00 bits per heavy atom. The second kappa shape index (κ2) is 5.43. The van der Waals surface area contributed by atoms with Gasteiger partial charge in [-0.15, -0.1) is 0 Å². The fraction of sp³-hybridized carbons (Fsp3) is 1.00. The zero-order chi connectivity index (χ0) is 13.2. The highest BCUT2D eigenvalue weighted by Crippen LogP contribution is 2.30. The lowest BCUT2D eigenvalue weighted by molar-refractivity contribution is -0.0862. The Bertz CT molecular complexity index is 263. The van der Waals surface area contributed by atoms with Crippen LogP contribution in [0.1, 0.15) is 40.0 Å². The minimum absolute atomic E-state index is 0.228. The Labute approximate surface area is 110 Å². The Kier molecular flexibility index (Phi) is 4.29. The summed E-state index contributed by atoms with van der Waals surface area (Å²) >= 11 is 0. The molecule has 3 nitrogen and oxygen atoms in total. The summed E-state index contributed by atoms with van der Waals surface area (Å²) in [5.41, 5.74) is -1.39. The Morgan fingerprint density at radius 1 is 1.33 bits per heavy atom. The zero-order valence-corrected chi connectivity index (χ0v) is 11.9. The third kappa shape index (κ3) is 3.90. The molecule has 0 aliphatic carbocycles. The number of hydrogen-bond acceptors (Lipinski definition) is 3. The maximum absolute atomic E-state index is 14.6. The van der Waals surface area contributed by atoms with Gasteiger partial charge in [-0.25, -0.2) is 4.39 Å². The van der Waals surface area contributed by atoms with E-state index in [1.807, 2.05) is 20.8 Å². The van der Waals surface area contributed by atoms with Gasteiger partial charge in [-0.1, -0.05) is 0 Å². The molecule has 0 radical (unpaired) electrons. The van der Waals surface area contributed by atoms with E-state index in [0.717, 1.165) is 32.7 Å². The van der Waals surface area contributed by atoms with E-state index in [1.54, 1.807) is 0 Å². The van der Waals surface area contributed by atoms with Gasteiger partial charge in [0.05, 0.1) is 18.8 Å². The summed E-state index contributed by atoms with van der Waals surface area (Å²) in [6.45, 7) is 9.48. The van der Waals surface area contributed by atoms with E-state index in [9.17, 15) is 4.39 Å². The standard InChI is InChI=1S/C14H26FNO2/c1-13(2,3)18-11-14(15)5-7-16(8-6-14)12-4-9-17-10-12/h12H,4-11H2,1-3H3. The van der Waals surface area contributed by atoms with E-state index in [1.165, 1.54) is 0 Å². The van der Waals surface area contributed by atoms with Crippen LogP contribution in [-0.2, 0) is 9.47 Å². The Balaban J connectivity index is 1.77. The molecular formula is C14H26FNO2. The molecule has 0 amide bonds. The first-order valence-corrected chi connectivity index (χ1v) is 7.03. The third-order valence-electron chi connectivity index (χ3n) is 3.88. The zero-order valence-electron chi connectivity index (χ0n) is 11.9. The molecule has 2 rings (SSSR count). The van der Waals surface area contributed by atoms with Crippen LogP contribution in [0.4, 0.5) is 4.39 Å². The van der Waals surface area contributed by atoms with Gasteiger partial charge < -0.3 is 9.47 Å². The molecule has 0 aromatic rings. The predicted molar refractivity (Wildman–Crippen MR) is 69.6 cm³/mol. The monoisotopic (exact) mass is 259 g/mol. The minimum atomic E-state index is -1.14. The number of nitrogens with zero attached hydrogens (tertiary/aromatic N) is 1. The Hall–Kier alpha value is -0.190. The van der Waals surface area contributed by atoms with Gasteiger partial charge in [-0.2, -0.15) is 0 Å². The molecule has 106 valence electrons. The number of piperidine rings is 1. The van der Waals surface area contributed by atoms with Gasteiger partial charge in [-0.3, -0.25) is 4.90 Å². The average Bonchev–Trinajstić information content (AvgIpc) is 2.80. The summed E-state index contributed by atoms with van der Waals surface area (Å²) in [6.07, 6.45) is 2.26. The molecule has 0 aromatic carbocycles. The normalized spacial score (nSPS) is 29.7. The molecular weight excluding hydrogens is 233 g/mol. The van der Waals surface area contributed by atoms with Crippen LogP contribution in [0.2, 0.25) is 0 Å². The fourth-order valence-corrected chi connectivity index (χ4v) is 2.59. The van der Waals surface area contributed by atoms with Crippen molar-refractivity contribution in [3.63, 3.8) is 0 Å². The van der Waals surface area contributed by atoms with Gasteiger partial charge >= 0.3 is 0 Å². The summed E-state index contributed by atoms with van der Waals surface area (Å²) in [5, 5.41) is 0. The van der Waals surface area contributed by atoms with Crippen molar-refractivity contribution in [1.82, 2.24) is 4.90 Å². The maximum atomic E-state index is 14.6. The van der Waals surface area contributed by atoms with Crippen LogP contribution in [0, 0.1) is 0 Å². The molecule has 2 aliphatic rings. The highest BCUT2D eigenvalue weighted by Gasteiger charge is 2.38. The van der Waals surface area contributed by atoms with E-state index >= 15 is 0 Å². The van der Waals surface area contributed by atoms with Crippen molar-refractivity contribution < 1.29 is 13.9 Å². The molecule has 1 atom stereocenters. The first-order valence-electron chi connectivity index (χ1n) is 7.03. The van der Waals surface area contributed by atoms with Gasteiger partial charge in [0.15, 0.2) is 0 Å².